The summed E-state index contributed by atoms with van der Waals surface area (Å²) in [5.74, 6) is -0.399. The minimum Gasteiger partial charge on any atom is -0.496 e. The topological polar surface area (TPSA) is 109 Å². The van der Waals surface area contributed by atoms with Crippen LogP contribution in [0.2, 0.25) is 0 Å². The number of nitrogens with zero attached hydrogens (tertiary/aromatic N) is 3. The first kappa shape index (κ1) is 30.6. The molecule has 0 fully saturated rings. The second-order valence-electron chi connectivity index (χ2n) is 9.64. The molecule has 238 valence electrons. The zero-order valence-electron chi connectivity index (χ0n) is 23.7. The summed E-state index contributed by atoms with van der Waals surface area (Å²) in [4.78, 5) is 18.0. The molecule has 3 heterocycles. The van der Waals surface area contributed by atoms with Gasteiger partial charge in [0.25, 0.3) is 11.1 Å². The van der Waals surface area contributed by atoms with E-state index in [1.54, 1.807) is 47.1 Å². The maximum Gasteiger partial charge on any atom is 0.416 e. The van der Waals surface area contributed by atoms with Crippen molar-refractivity contribution < 1.29 is 50.1 Å². The molecule has 46 heavy (non-hydrogen) atoms. The number of alkyl halides is 5. The van der Waals surface area contributed by atoms with Gasteiger partial charge in [-0.3, -0.25) is 4.79 Å². The van der Waals surface area contributed by atoms with E-state index in [2.05, 4.69) is 20.1 Å². The number of furan rings is 1. The second-order valence-corrected chi connectivity index (χ2v) is 10.6. The Morgan fingerprint density at radius 1 is 1.04 bits per heavy atom. The fraction of sp³-hybridized carbons (Fsp3) is 0.167. The van der Waals surface area contributed by atoms with Gasteiger partial charge in [-0.25, -0.2) is 9.50 Å². The van der Waals surface area contributed by atoms with Crippen LogP contribution in [0.4, 0.5) is 27.6 Å². The largest absolute Gasteiger partial charge is 0.496 e. The molecular weight excluding hydrogens is 639 g/mol. The van der Waals surface area contributed by atoms with E-state index < -0.39 is 35.6 Å². The number of ether oxygens (including phenoxy) is 4. The van der Waals surface area contributed by atoms with E-state index in [9.17, 15) is 26.7 Å². The molecule has 0 spiro atoms. The van der Waals surface area contributed by atoms with Gasteiger partial charge in [-0.15, -0.1) is 5.10 Å². The number of nitrogens with one attached hydrogen (secondary N) is 1. The van der Waals surface area contributed by atoms with Gasteiger partial charge in [0.1, 0.15) is 35.1 Å². The Balaban J connectivity index is 1.21. The third-order valence-corrected chi connectivity index (χ3v) is 7.44. The zero-order chi connectivity index (χ0) is 32.6. The van der Waals surface area contributed by atoms with E-state index in [4.69, 9.17) is 18.6 Å². The van der Waals surface area contributed by atoms with Gasteiger partial charge in [-0.1, -0.05) is 12.1 Å². The molecule has 0 saturated carbocycles. The standard InChI is InChI=1S/C30H21F5N4O6S/c1-41-19-10-23(21-12-25(45-24(21)11-19)22-13-39-28(37-22)46-29(38-39)42-2)43-14-15-4-3-5-18(6-15)36-26(40)16-7-17(30(33,34)35)9-20(8-16)44-27(31)32/h3-13,27H,14H2,1-2H3,(H,36,40). The van der Waals surface area contributed by atoms with Crippen molar-refractivity contribution >= 4 is 38.9 Å². The minimum atomic E-state index is -4.89. The normalized spacial score (nSPS) is 11.7. The monoisotopic (exact) mass is 660 g/mol. The average molecular weight is 661 g/mol. The van der Waals surface area contributed by atoms with Crippen LogP contribution in [-0.2, 0) is 12.8 Å². The summed E-state index contributed by atoms with van der Waals surface area (Å²) in [6, 6.07) is 13.3. The first-order chi connectivity index (χ1) is 22.0. The average Bonchev–Trinajstić information content (AvgIpc) is 3.72. The third kappa shape index (κ3) is 6.51. The van der Waals surface area contributed by atoms with E-state index in [1.807, 2.05) is 0 Å². The zero-order valence-corrected chi connectivity index (χ0v) is 24.5. The summed E-state index contributed by atoms with van der Waals surface area (Å²) in [5, 5.41) is 7.85. The lowest BCUT2D eigenvalue weighted by molar-refractivity contribution is -0.138. The summed E-state index contributed by atoms with van der Waals surface area (Å²) in [6.07, 6.45) is -3.19. The van der Waals surface area contributed by atoms with Crippen LogP contribution in [0.25, 0.3) is 27.4 Å². The predicted octanol–water partition coefficient (Wildman–Crippen LogP) is 7.67. The number of halogens is 5. The van der Waals surface area contributed by atoms with Crippen LogP contribution < -0.4 is 24.3 Å². The molecule has 0 aliphatic heterocycles. The molecule has 0 unspecified atom stereocenters. The first-order valence-electron chi connectivity index (χ1n) is 13.2. The van der Waals surface area contributed by atoms with Crippen LogP contribution in [-0.4, -0.2) is 41.3 Å². The summed E-state index contributed by atoms with van der Waals surface area (Å²) in [5.41, 5.74) is 0.00993. The highest BCUT2D eigenvalue weighted by Crippen LogP contribution is 2.38. The van der Waals surface area contributed by atoms with Crippen molar-refractivity contribution in [3.8, 4) is 33.9 Å². The van der Waals surface area contributed by atoms with Crippen molar-refractivity contribution in [3.05, 3.63) is 83.6 Å². The maximum atomic E-state index is 13.3. The number of imidazole rings is 1. The fourth-order valence-corrected chi connectivity index (χ4v) is 5.20. The molecule has 0 atom stereocenters. The molecule has 10 nitrogen and oxygen atoms in total. The number of carbonyl (C=O) groups excluding carboxylic acids is 1. The lowest BCUT2D eigenvalue weighted by Crippen LogP contribution is -2.15. The summed E-state index contributed by atoms with van der Waals surface area (Å²) in [7, 11) is 3.02. The summed E-state index contributed by atoms with van der Waals surface area (Å²) >= 11 is 1.27. The summed E-state index contributed by atoms with van der Waals surface area (Å²) < 4.78 is 93.8. The molecular formula is C30H21F5N4O6S. The number of amides is 1. The first-order valence-corrected chi connectivity index (χ1v) is 14.0. The number of rotatable bonds is 10. The van der Waals surface area contributed by atoms with Crippen LogP contribution in [0.1, 0.15) is 21.5 Å². The van der Waals surface area contributed by atoms with E-state index in [0.717, 1.165) is 6.07 Å². The van der Waals surface area contributed by atoms with Crippen molar-refractivity contribution in [2.75, 3.05) is 19.5 Å². The van der Waals surface area contributed by atoms with Crippen LogP contribution in [0.15, 0.2) is 71.3 Å². The van der Waals surface area contributed by atoms with Crippen LogP contribution in [0.3, 0.4) is 0 Å². The van der Waals surface area contributed by atoms with Gasteiger partial charge in [0.05, 0.1) is 31.4 Å². The Kier molecular flexibility index (Phi) is 8.12. The molecule has 1 amide bonds. The highest BCUT2D eigenvalue weighted by molar-refractivity contribution is 7.18. The number of aromatic nitrogens is 3. The molecule has 1 N–H and O–H groups in total. The Labute approximate surface area is 259 Å². The highest BCUT2D eigenvalue weighted by atomic mass is 32.1. The number of hydrogen-bond acceptors (Lipinski definition) is 9. The predicted molar refractivity (Wildman–Crippen MR) is 156 cm³/mol. The van der Waals surface area contributed by atoms with Crippen molar-refractivity contribution in [1.82, 2.24) is 14.6 Å². The Hall–Kier alpha value is -5.38. The SMILES string of the molecule is COc1cc(OCc2cccc(NC(=O)c3cc(OC(F)F)cc(C(F)(F)F)c3)c2)c2cc(-c3cn4nc(OC)sc4n3)oc2c1. The quantitative estimate of drug-likeness (QED) is 0.149. The van der Waals surface area contributed by atoms with Gasteiger partial charge < -0.3 is 28.7 Å². The number of fused-ring (bicyclic) bond motifs is 2. The van der Waals surface area contributed by atoms with Crippen molar-refractivity contribution in [2.45, 2.75) is 19.4 Å². The molecule has 6 aromatic rings. The molecule has 3 aromatic carbocycles. The molecule has 0 radical (unpaired) electrons. The van der Waals surface area contributed by atoms with Crippen molar-refractivity contribution in [1.29, 1.82) is 0 Å². The Morgan fingerprint density at radius 2 is 1.87 bits per heavy atom. The van der Waals surface area contributed by atoms with Crippen LogP contribution in [0.5, 0.6) is 22.4 Å². The van der Waals surface area contributed by atoms with Crippen molar-refractivity contribution in [3.63, 3.8) is 0 Å². The lowest BCUT2D eigenvalue weighted by Gasteiger charge is -2.13. The van der Waals surface area contributed by atoms with Crippen molar-refractivity contribution in [2.24, 2.45) is 0 Å². The fourth-order valence-electron chi connectivity index (χ4n) is 4.50. The second kappa shape index (κ2) is 12.2. The number of methoxy groups -OCH3 is 2. The smallest absolute Gasteiger partial charge is 0.416 e. The minimum absolute atomic E-state index is 0.0202. The molecule has 0 aliphatic rings. The van der Waals surface area contributed by atoms with Crippen LogP contribution >= 0.6 is 11.3 Å². The lowest BCUT2D eigenvalue weighted by atomic mass is 10.1. The third-order valence-electron chi connectivity index (χ3n) is 6.56. The highest BCUT2D eigenvalue weighted by Gasteiger charge is 2.32. The molecule has 6 rings (SSSR count). The van der Waals surface area contributed by atoms with E-state index in [0.29, 0.717) is 61.8 Å². The number of carbonyl (C=O) groups is 1. The number of anilines is 1. The van der Waals surface area contributed by atoms with Crippen LogP contribution in [0, 0.1) is 0 Å². The van der Waals surface area contributed by atoms with Gasteiger partial charge in [0.2, 0.25) is 4.96 Å². The molecule has 16 heteroatoms. The Bertz CT molecular complexity index is 2020. The molecule has 3 aromatic heterocycles. The number of benzene rings is 3. The van der Waals surface area contributed by atoms with E-state index in [1.165, 1.54) is 31.6 Å². The van der Waals surface area contributed by atoms with Gasteiger partial charge in [-0.05, 0) is 53.3 Å². The van der Waals surface area contributed by atoms with Gasteiger partial charge in [0, 0.05) is 23.4 Å². The molecule has 0 bridgehead atoms. The van der Waals surface area contributed by atoms with E-state index in [-0.39, 0.29) is 12.3 Å². The number of hydrogen-bond donors (Lipinski definition) is 1. The maximum absolute atomic E-state index is 13.3. The van der Waals surface area contributed by atoms with Gasteiger partial charge in [-0.2, -0.15) is 22.0 Å². The van der Waals surface area contributed by atoms with Gasteiger partial charge >= 0.3 is 12.8 Å². The molecule has 0 aliphatic carbocycles. The molecule has 0 saturated heterocycles. The summed E-state index contributed by atoms with van der Waals surface area (Å²) in [6.45, 7) is -3.35. The van der Waals surface area contributed by atoms with Gasteiger partial charge in [0.15, 0.2) is 5.76 Å². The Morgan fingerprint density at radius 3 is 2.59 bits per heavy atom. The van der Waals surface area contributed by atoms with E-state index >= 15 is 0 Å².